The van der Waals surface area contributed by atoms with Crippen molar-refractivity contribution in [2.45, 2.75) is 19.0 Å². The average Bonchev–Trinajstić information content (AvgIpc) is 3.31. The van der Waals surface area contributed by atoms with Gasteiger partial charge in [0, 0.05) is 31.2 Å². The van der Waals surface area contributed by atoms with Gasteiger partial charge in [0.2, 0.25) is 5.91 Å². The molecule has 0 bridgehead atoms. The maximum Gasteiger partial charge on any atom is 0.255 e. The van der Waals surface area contributed by atoms with Crippen LogP contribution in [0.5, 0.6) is 5.75 Å². The highest BCUT2D eigenvalue weighted by molar-refractivity contribution is 6.00. The molecule has 3 N–H and O–H groups in total. The standard InChI is InChI=1S/C23H23N3O4/c27-15-20(23(30)26-12-9-16-5-1-2-6-17(16)14-26)24-22(29)19-13-18(7-8-21(19)28)25-10-3-4-11-25/h1-8,10-11,13,20,27-28H,9,12,14-15H2,(H,24,29). The monoisotopic (exact) mass is 405 g/mol. The van der Waals surface area contributed by atoms with Crippen molar-refractivity contribution in [3.8, 4) is 11.4 Å². The fourth-order valence-electron chi connectivity index (χ4n) is 3.70. The number of benzene rings is 2. The van der Waals surface area contributed by atoms with Gasteiger partial charge in [0.05, 0.1) is 12.2 Å². The van der Waals surface area contributed by atoms with Crippen LogP contribution in [0.4, 0.5) is 0 Å². The third-order valence-corrected chi connectivity index (χ3v) is 5.36. The minimum Gasteiger partial charge on any atom is -0.507 e. The van der Waals surface area contributed by atoms with Gasteiger partial charge in [-0.25, -0.2) is 0 Å². The Bertz CT molecular complexity index is 1060. The van der Waals surface area contributed by atoms with Gasteiger partial charge in [-0.05, 0) is 47.9 Å². The van der Waals surface area contributed by atoms with Crippen LogP contribution in [0.1, 0.15) is 21.5 Å². The van der Waals surface area contributed by atoms with Crippen molar-refractivity contribution in [2.75, 3.05) is 13.2 Å². The first kappa shape index (κ1) is 19.7. The van der Waals surface area contributed by atoms with Crippen LogP contribution in [0.15, 0.2) is 67.0 Å². The van der Waals surface area contributed by atoms with Crippen molar-refractivity contribution in [3.63, 3.8) is 0 Å². The topological polar surface area (TPSA) is 94.8 Å². The van der Waals surface area contributed by atoms with E-state index >= 15 is 0 Å². The number of aliphatic hydroxyl groups excluding tert-OH is 1. The molecule has 0 aliphatic carbocycles. The van der Waals surface area contributed by atoms with E-state index in [-0.39, 0.29) is 17.2 Å². The zero-order chi connectivity index (χ0) is 21.1. The largest absolute Gasteiger partial charge is 0.507 e. The predicted molar refractivity (Wildman–Crippen MR) is 111 cm³/mol. The average molecular weight is 405 g/mol. The number of aromatic hydroxyl groups is 1. The quantitative estimate of drug-likeness (QED) is 0.604. The number of phenols is 1. The minimum atomic E-state index is -1.09. The molecule has 7 nitrogen and oxygen atoms in total. The second-order valence-electron chi connectivity index (χ2n) is 7.28. The van der Waals surface area contributed by atoms with Crippen LogP contribution >= 0.6 is 0 Å². The van der Waals surface area contributed by atoms with Crippen LogP contribution < -0.4 is 5.32 Å². The highest BCUT2D eigenvalue weighted by Gasteiger charge is 2.29. The number of amides is 2. The van der Waals surface area contributed by atoms with E-state index in [1.807, 2.05) is 48.8 Å². The molecule has 1 aliphatic rings. The summed E-state index contributed by atoms with van der Waals surface area (Å²) in [5.41, 5.74) is 3.01. The van der Waals surface area contributed by atoms with Crippen molar-refractivity contribution in [1.29, 1.82) is 0 Å². The van der Waals surface area contributed by atoms with Crippen molar-refractivity contribution >= 4 is 11.8 Å². The lowest BCUT2D eigenvalue weighted by atomic mass is 9.99. The van der Waals surface area contributed by atoms with Gasteiger partial charge in [-0.1, -0.05) is 24.3 Å². The highest BCUT2D eigenvalue weighted by atomic mass is 16.3. The van der Waals surface area contributed by atoms with E-state index in [1.165, 1.54) is 11.6 Å². The van der Waals surface area contributed by atoms with Crippen LogP contribution in [0.25, 0.3) is 5.69 Å². The maximum absolute atomic E-state index is 12.9. The number of carbonyl (C=O) groups excluding carboxylic acids is 2. The third-order valence-electron chi connectivity index (χ3n) is 5.36. The molecule has 0 saturated heterocycles. The molecule has 4 rings (SSSR count). The number of rotatable bonds is 5. The van der Waals surface area contributed by atoms with Gasteiger partial charge in [0.1, 0.15) is 11.8 Å². The van der Waals surface area contributed by atoms with Crippen LogP contribution in [0, 0.1) is 0 Å². The smallest absolute Gasteiger partial charge is 0.255 e. The summed E-state index contributed by atoms with van der Waals surface area (Å²) >= 11 is 0. The van der Waals surface area contributed by atoms with Crippen LogP contribution in [0.2, 0.25) is 0 Å². The molecular formula is C23H23N3O4. The Morgan fingerprint density at radius 3 is 2.50 bits per heavy atom. The number of fused-ring (bicyclic) bond motifs is 1. The number of carbonyl (C=O) groups is 2. The zero-order valence-electron chi connectivity index (χ0n) is 16.4. The molecule has 1 aromatic heterocycles. The Kier molecular flexibility index (Phi) is 5.54. The summed E-state index contributed by atoms with van der Waals surface area (Å²) in [5.74, 6) is -1.16. The predicted octanol–water partition coefficient (Wildman–Crippen LogP) is 1.86. The van der Waals surface area contributed by atoms with E-state index in [1.54, 1.807) is 21.6 Å². The van der Waals surface area contributed by atoms with Gasteiger partial charge in [-0.2, -0.15) is 0 Å². The van der Waals surface area contributed by atoms with Crippen molar-refractivity contribution in [2.24, 2.45) is 0 Å². The third kappa shape index (κ3) is 3.92. The van der Waals surface area contributed by atoms with Crippen molar-refractivity contribution < 1.29 is 19.8 Å². The number of aliphatic hydroxyl groups is 1. The summed E-state index contributed by atoms with van der Waals surface area (Å²) in [4.78, 5) is 27.3. The number of hydrogen-bond donors (Lipinski definition) is 3. The summed E-state index contributed by atoms with van der Waals surface area (Å²) in [6, 6.07) is 15.2. The normalized spacial score (nSPS) is 14.1. The molecule has 2 amide bonds. The molecule has 7 heteroatoms. The Hall–Kier alpha value is -3.58. The van der Waals surface area contributed by atoms with E-state index in [9.17, 15) is 19.8 Å². The summed E-state index contributed by atoms with van der Waals surface area (Å²) in [6.07, 6.45) is 4.37. The molecule has 0 radical (unpaired) electrons. The summed E-state index contributed by atoms with van der Waals surface area (Å²) in [6.45, 7) is 0.438. The molecule has 30 heavy (non-hydrogen) atoms. The first-order chi connectivity index (χ1) is 14.6. The fraction of sp³-hybridized carbons (Fsp3) is 0.217. The van der Waals surface area contributed by atoms with Crippen molar-refractivity contribution in [3.05, 3.63) is 83.7 Å². The van der Waals surface area contributed by atoms with E-state index < -0.39 is 18.6 Å². The second-order valence-corrected chi connectivity index (χ2v) is 7.28. The molecule has 1 atom stereocenters. The molecule has 3 aromatic rings. The minimum absolute atomic E-state index is 0.0384. The van der Waals surface area contributed by atoms with E-state index in [0.29, 0.717) is 18.8 Å². The molecule has 1 unspecified atom stereocenters. The number of nitrogens with zero attached hydrogens (tertiary/aromatic N) is 2. The lowest BCUT2D eigenvalue weighted by Gasteiger charge is -2.31. The van der Waals surface area contributed by atoms with Gasteiger partial charge in [-0.3, -0.25) is 9.59 Å². The van der Waals surface area contributed by atoms with E-state index in [0.717, 1.165) is 12.0 Å². The number of aromatic nitrogens is 1. The molecule has 0 fully saturated rings. The van der Waals surface area contributed by atoms with Crippen molar-refractivity contribution in [1.82, 2.24) is 14.8 Å². The fourth-order valence-corrected chi connectivity index (χ4v) is 3.70. The second kappa shape index (κ2) is 8.42. The summed E-state index contributed by atoms with van der Waals surface area (Å²) in [7, 11) is 0. The molecule has 0 spiro atoms. The highest BCUT2D eigenvalue weighted by Crippen LogP contribution is 2.22. The van der Waals surface area contributed by atoms with Crippen LogP contribution in [0.3, 0.4) is 0 Å². The number of phenolic OH excluding ortho intramolecular Hbond substituents is 1. The molecule has 2 aromatic carbocycles. The Morgan fingerprint density at radius 1 is 1.03 bits per heavy atom. The SMILES string of the molecule is O=C(NC(CO)C(=O)N1CCc2ccccc2C1)c1cc(-n2cccc2)ccc1O. The number of nitrogens with one attached hydrogen (secondary N) is 1. The van der Waals surface area contributed by atoms with Gasteiger partial charge >= 0.3 is 0 Å². The van der Waals surface area contributed by atoms with Gasteiger partial charge in [0.25, 0.3) is 5.91 Å². The number of hydrogen-bond acceptors (Lipinski definition) is 4. The summed E-state index contributed by atoms with van der Waals surface area (Å²) < 4.78 is 1.80. The lowest BCUT2D eigenvalue weighted by Crippen LogP contribution is -2.51. The van der Waals surface area contributed by atoms with Gasteiger partial charge < -0.3 is 25.0 Å². The molecule has 2 heterocycles. The van der Waals surface area contributed by atoms with Gasteiger partial charge in [0.15, 0.2) is 0 Å². The molecule has 1 aliphatic heterocycles. The lowest BCUT2D eigenvalue weighted by molar-refractivity contribution is -0.135. The van der Waals surface area contributed by atoms with Crippen LogP contribution in [-0.2, 0) is 17.8 Å². The first-order valence-corrected chi connectivity index (χ1v) is 9.80. The maximum atomic E-state index is 12.9. The Labute approximate surface area is 174 Å². The molecular weight excluding hydrogens is 382 g/mol. The molecule has 154 valence electrons. The zero-order valence-corrected chi connectivity index (χ0v) is 16.4. The summed E-state index contributed by atoms with van der Waals surface area (Å²) in [5, 5.41) is 22.5. The van der Waals surface area contributed by atoms with E-state index in [4.69, 9.17) is 0 Å². The first-order valence-electron chi connectivity index (χ1n) is 9.80. The van der Waals surface area contributed by atoms with E-state index in [2.05, 4.69) is 5.32 Å². The Balaban J connectivity index is 1.49. The van der Waals surface area contributed by atoms with Gasteiger partial charge in [-0.15, -0.1) is 0 Å². The molecule has 0 saturated carbocycles. The van der Waals surface area contributed by atoms with Crippen LogP contribution in [-0.4, -0.2) is 50.7 Å². The Morgan fingerprint density at radius 2 is 1.77 bits per heavy atom.